The smallest absolute Gasteiger partial charge is 0.0897 e. The molecule has 4 rings (SSSR count). The van der Waals surface area contributed by atoms with Crippen LogP contribution in [-0.4, -0.2) is 71.0 Å². The largest absolute Gasteiger partial charge is 0.298 e. The topological polar surface area (TPSA) is 22.6 Å². The first-order valence-electron chi connectivity index (χ1n) is 9.39. The van der Waals surface area contributed by atoms with Gasteiger partial charge in [0, 0.05) is 63.3 Å². The minimum Gasteiger partial charge on any atom is -0.298 e. The number of hydrogen-bond donors (Lipinski definition) is 0. The number of rotatable bonds is 4. The van der Waals surface area contributed by atoms with Crippen LogP contribution in [0.4, 0.5) is 0 Å². The highest BCUT2D eigenvalue weighted by molar-refractivity contribution is 7.09. The minimum atomic E-state index is 0.795. The maximum absolute atomic E-state index is 4.59. The fourth-order valence-corrected chi connectivity index (χ4v) is 5.13. The average Bonchev–Trinajstić information content (AvgIpc) is 2.97. The summed E-state index contributed by atoms with van der Waals surface area (Å²) < 4.78 is 0. The van der Waals surface area contributed by atoms with E-state index in [1.54, 1.807) is 11.3 Å². The van der Waals surface area contributed by atoms with Crippen molar-refractivity contribution >= 4 is 11.3 Å². The van der Waals surface area contributed by atoms with E-state index in [4.69, 9.17) is 0 Å². The minimum absolute atomic E-state index is 0.795. The van der Waals surface area contributed by atoms with E-state index in [0.717, 1.165) is 18.6 Å². The van der Waals surface area contributed by atoms with Crippen LogP contribution in [0.15, 0.2) is 5.38 Å². The van der Waals surface area contributed by atoms with Crippen LogP contribution in [-0.2, 0) is 6.54 Å². The van der Waals surface area contributed by atoms with Crippen LogP contribution in [0.2, 0.25) is 0 Å². The molecule has 0 spiro atoms. The molecule has 1 aliphatic carbocycles. The van der Waals surface area contributed by atoms with E-state index in [9.17, 15) is 0 Å². The summed E-state index contributed by atoms with van der Waals surface area (Å²) in [6.45, 7) is 10.8. The van der Waals surface area contributed by atoms with E-state index in [1.165, 1.54) is 82.1 Å². The maximum Gasteiger partial charge on any atom is 0.0897 e. The molecule has 4 nitrogen and oxygen atoms in total. The zero-order valence-electron chi connectivity index (χ0n) is 14.4. The molecule has 3 fully saturated rings. The summed E-state index contributed by atoms with van der Waals surface area (Å²) in [4.78, 5) is 12.7. The van der Waals surface area contributed by atoms with Gasteiger partial charge in [0.25, 0.3) is 0 Å². The molecule has 1 aromatic rings. The molecule has 5 heteroatoms. The van der Waals surface area contributed by atoms with Gasteiger partial charge >= 0.3 is 0 Å². The second-order valence-corrected chi connectivity index (χ2v) is 8.63. The van der Waals surface area contributed by atoms with Gasteiger partial charge in [0.05, 0.1) is 10.7 Å². The van der Waals surface area contributed by atoms with E-state index < -0.39 is 0 Å². The molecule has 0 bridgehead atoms. The highest BCUT2D eigenvalue weighted by Crippen LogP contribution is 2.25. The summed E-state index contributed by atoms with van der Waals surface area (Å²) in [6, 6.07) is 1.69. The number of hydrogen-bond acceptors (Lipinski definition) is 5. The van der Waals surface area contributed by atoms with Gasteiger partial charge in [-0.3, -0.25) is 14.7 Å². The zero-order chi connectivity index (χ0) is 15.6. The molecule has 0 N–H and O–H groups in total. The molecule has 2 aliphatic heterocycles. The van der Waals surface area contributed by atoms with Crippen LogP contribution < -0.4 is 0 Å². The van der Waals surface area contributed by atoms with Crippen LogP contribution in [0.1, 0.15) is 42.8 Å². The number of piperazine rings is 1. The fourth-order valence-electron chi connectivity index (χ4n) is 4.53. The summed E-state index contributed by atoms with van der Waals surface area (Å²) in [5, 5.41) is 3.40. The van der Waals surface area contributed by atoms with Crippen molar-refractivity contribution in [3.05, 3.63) is 16.1 Å². The quantitative estimate of drug-likeness (QED) is 0.844. The van der Waals surface area contributed by atoms with Crippen molar-refractivity contribution in [1.82, 2.24) is 19.7 Å². The van der Waals surface area contributed by atoms with Gasteiger partial charge in [0.15, 0.2) is 0 Å². The number of thiazole rings is 1. The van der Waals surface area contributed by atoms with Gasteiger partial charge in [-0.2, -0.15) is 0 Å². The van der Waals surface area contributed by atoms with Crippen molar-refractivity contribution < 1.29 is 0 Å². The first-order valence-corrected chi connectivity index (χ1v) is 10.3. The van der Waals surface area contributed by atoms with Gasteiger partial charge in [0.1, 0.15) is 0 Å². The fraction of sp³-hybridized carbons (Fsp3) is 0.833. The molecule has 0 radical (unpaired) electrons. The normalized spacial score (nSPS) is 26.5. The Hall–Kier alpha value is -0.490. The Morgan fingerprint density at radius 3 is 2.26 bits per heavy atom. The maximum atomic E-state index is 4.59. The molecule has 2 saturated heterocycles. The zero-order valence-corrected chi connectivity index (χ0v) is 15.2. The molecule has 0 unspecified atom stereocenters. The molecule has 23 heavy (non-hydrogen) atoms. The van der Waals surface area contributed by atoms with Gasteiger partial charge in [0.2, 0.25) is 0 Å². The van der Waals surface area contributed by atoms with Crippen molar-refractivity contribution in [2.75, 3.05) is 39.3 Å². The van der Waals surface area contributed by atoms with Crippen LogP contribution in [0.3, 0.4) is 0 Å². The van der Waals surface area contributed by atoms with Crippen LogP contribution in [0.5, 0.6) is 0 Å². The van der Waals surface area contributed by atoms with Crippen LogP contribution >= 0.6 is 11.3 Å². The van der Waals surface area contributed by atoms with Crippen molar-refractivity contribution in [2.45, 2.75) is 57.7 Å². The first kappa shape index (κ1) is 16.0. The Labute approximate surface area is 144 Å². The lowest BCUT2D eigenvalue weighted by molar-refractivity contribution is -0.0108. The van der Waals surface area contributed by atoms with Crippen LogP contribution in [0.25, 0.3) is 0 Å². The molecule has 1 aromatic heterocycles. The third kappa shape index (κ3) is 3.78. The first-order chi connectivity index (χ1) is 11.3. The average molecular weight is 335 g/mol. The molecule has 3 aliphatic rings. The summed E-state index contributed by atoms with van der Waals surface area (Å²) in [7, 11) is 0. The van der Waals surface area contributed by atoms with E-state index in [1.807, 2.05) is 0 Å². The summed E-state index contributed by atoms with van der Waals surface area (Å²) in [5.41, 5.74) is 1.26. The molecule has 0 atom stereocenters. The third-order valence-corrected chi connectivity index (χ3v) is 6.77. The summed E-state index contributed by atoms with van der Waals surface area (Å²) in [6.07, 6.45) is 7.28. The second kappa shape index (κ2) is 7.18. The van der Waals surface area contributed by atoms with E-state index in [2.05, 4.69) is 32.0 Å². The molecule has 3 heterocycles. The monoisotopic (exact) mass is 334 g/mol. The van der Waals surface area contributed by atoms with E-state index >= 15 is 0 Å². The van der Waals surface area contributed by atoms with E-state index in [-0.39, 0.29) is 0 Å². The Morgan fingerprint density at radius 2 is 1.65 bits per heavy atom. The molecular formula is C18H30N4S. The number of nitrogens with zero attached hydrogens (tertiary/aromatic N) is 4. The SMILES string of the molecule is Cc1nc(CN2CC(N3CCN(C4CCCCC4)CC3)C2)cs1. The standard InChI is InChI=1S/C18H30N4S/c1-15-19-16(14-23-15)11-20-12-18(13-20)22-9-7-21(8-10-22)17-5-3-2-4-6-17/h14,17-18H,2-13H2,1H3. The van der Waals surface area contributed by atoms with Gasteiger partial charge in [-0.15, -0.1) is 11.3 Å². The lowest BCUT2D eigenvalue weighted by Crippen LogP contribution is -2.63. The van der Waals surface area contributed by atoms with E-state index in [0.29, 0.717) is 0 Å². The molecule has 0 aromatic carbocycles. The summed E-state index contributed by atoms with van der Waals surface area (Å²) >= 11 is 1.77. The Morgan fingerprint density at radius 1 is 1.00 bits per heavy atom. The highest BCUT2D eigenvalue weighted by atomic mass is 32.1. The summed E-state index contributed by atoms with van der Waals surface area (Å²) in [5.74, 6) is 0. The van der Waals surface area contributed by atoms with Crippen LogP contribution in [0, 0.1) is 6.92 Å². The molecular weight excluding hydrogens is 304 g/mol. The third-order valence-electron chi connectivity index (χ3n) is 5.95. The predicted molar refractivity (Wildman–Crippen MR) is 95.9 cm³/mol. The van der Waals surface area contributed by atoms with Gasteiger partial charge < -0.3 is 0 Å². The molecule has 128 valence electrons. The number of likely N-dealkylation sites (tertiary alicyclic amines) is 1. The lowest BCUT2D eigenvalue weighted by atomic mass is 9.93. The Bertz CT molecular complexity index is 497. The van der Waals surface area contributed by atoms with Crippen molar-refractivity contribution in [3.63, 3.8) is 0 Å². The van der Waals surface area contributed by atoms with Gasteiger partial charge in [-0.05, 0) is 19.8 Å². The lowest BCUT2D eigenvalue weighted by Gasteiger charge is -2.49. The molecule has 0 amide bonds. The van der Waals surface area contributed by atoms with Crippen molar-refractivity contribution in [2.24, 2.45) is 0 Å². The van der Waals surface area contributed by atoms with Gasteiger partial charge in [-0.1, -0.05) is 19.3 Å². The highest BCUT2D eigenvalue weighted by Gasteiger charge is 2.34. The predicted octanol–water partition coefficient (Wildman–Crippen LogP) is 2.59. The van der Waals surface area contributed by atoms with Crippen molar-refractivity contribution in [3.8, 4) is 0 Å². The molecule has 1 saturated carbocycles. The Balaban J connectivity index is 1.18. The Kier molecular flexibility index (Phi) is 4.99. The van der Waals surface area contributed by atoms with Crippen molar-refractivity contribution in [1.29, 1.82) is 0 Å². The second-order valence-electron chi connectivity index (χ2n) is 7.57. The number of aryl methyl sites for hydroxylation is 1. The number of aromatic nitrogens is 1. The van der Waals surface area contributed by atoms with Gasteiger partial charge in [-0.25, -0.2) is 4.98 Å².